The Bertz CT molecular complexity index is 115. The van der Waals surface area contributed by atoms with E-state index in [4.69, 9.17) is 0 Å². The minimum atomic E-state index is -0.527. The van der Waals surface area contributed by atoms with E-state index in [1.54, 1.807) is 0 Å². The predicted molar refractivity (Wildman–Crippen MR) is 49.2 cm³/mol. The molecule has 1 atom stereocenters. The van der Waals surface area contributed by atoms with Crippen LogP contribution in [0, 0.1) is 0 Å². The molecule has 0 aromatic rings. The molecule has 0 bridgehead atoms. The van der Waals surface area contributed by atoms with Crippen LogP contribution in [0.3, 0.4) is 0 Å². The zero-order chi connectivity index (χ0) is 8.91. The second kappa shape index (κ2) is 4.50. The molecule has 0 heterocycles. The van der Waals surface area contributed by atoms with Crippen molar-refractivity contribution in [1.29, 1.82) is 0 Å². The molecule has 0 aromatic carbocycles. The first kappa shape index (κ1) is 10.6. The largest absolute Gasteiger partial charge is 0.390 e. The summed E-state index contributed by atoms with van der Waals surface area (Å²) in [5, 5.41) is 9.36. The van der Waals surface area contributed by atoms with Gasteiger partial charge in [0.15, 0.2) is 0 Å². The molecule has 0 amide bonds. The molecule has 0 fully saturated rings. The molecule has 2 nitrogen and oxygen atoms in total. The van der Waals surface area contributed by atoms with Gasteiger partial charge >= 0.3 is 0 Å². The highest BCUT2D eigenvalue weighted by Crippen LogP contribution is 2.13. The molecule has 0 spiro atoms. The summed E-state index contributed by atoms with van der Waals surface area (Å²) in [4.78, 5) is 3.88. The smallest absolute Gasteiger partial charge is 0.0591 e. The van der Waals surface area contributed by atoms with Crippen LogP contribution in [-0.4, -0.2) is 23.5 Å². The van der Waals surface area contributed by atoms with E-state index >= 15 is 0 Å². The van der Waals surface area contributed by atoms with Gasteiger partial charge in [-0.3, -0.25) is 4.99 Å². The molecule has 0 radical (unpaired) electrons. The van der Waals surface area contributed by atoms with Crippen LogP contribution in [0.25, 0.3) is 0 Å². The third kappa shape index (κ3) is 7.53. The summed E-state index contributed by atoms with van der Waals surface area (Å²) in [7, 11) is 0. The Kier molecular flexibility index (Phi) is 4.34. The highest BCUT2D eigenvalue weighted by atomic mass is 16.3. The molecule has 0 aliphatic heterocycles. The fourth-order valence-corrected chi connectivity index (χ4v) is 0.921. The molecule has 0 saturated carbocycles. The van der Waals surface area contributed by atoms with Gasteiger partial charge in [-0.1, -0.05) is 0 Å². The summed E-state index contributed by atoms with van der Waals surface area (Å²) >= 11 is 0. The highest BCUT2D eigenvalue weighted by molar-refractivity contribution is 5.23. The summed E-state index contributed by atoms with van der Waals surface area (Å²) in [6.07, 6.45) is 2.88. The molecule has 0 rings (SSSR count). The van der Waals surface area contributed by atoms with Gasteiger partial charge in [0.1, 0.15) is 0 Å². The molecular weight excluding hydrogens is 138 g/mol. The van der Waals surface area contributed by atoms with E-state index in [-0.39, 0.29) is 0 Å². The second-order valence-corrected chi connectivity index (χ2v) is 3.74. The van der Waals surface area contributed by atoms with Crippen molar-refractivity contribution < 1.29 is 5.11 Å². The molecule has 0 aromatic heterocycles. The third-order valence-electron chi connectivity index (χ3n) is 1.72. The standard InChI is InChI=1S/C9H19NO/c1-8(10-4)6-5-7-9(2,3)11/h8,11H,4-7H2,1-3H3/t8-/m1/s1. The average molecular weight is 157 g/mol. The molecule has 11 heavy (non-hydrogen) atoms. The third-order valence-corrected chi connectivity index (χ3v) is 1.72. The molecule has 2 heteroatoms. The maximum atomic E-state index is 9.36. The lowest BCUT2D eigenvalue weighted by Crippen LogP contribution is -2.18. The van der Waals surface area contributed by atoms with E-state index < -0.39 is 5.60 Å². The number of rotatable bonds is 5. The Morgan fingerprint density at radius 1 is 1.55 bits per heavy atom. The zero-order valence-corrected chi connectivity index (χ0v) is 7.80. The van der Waals surface area contributed by atoms with Gasteiger partial charge in [0.2, 0.25) is 0 Å². The Hall–Kier alpha value is -0.370. The summed E-state index contributed by atoms with van der Waals surface area (Å²) in [5.74, 6) is 0. The minimum Gasteiger partial charge on any atom is -0.390 e. The topological polar surface area (TPSA) is 32.6 Å². The van der Waals surface area contributed by atoms with Gasteiger partial charge in [0.25, 0.3) is 0 Å². The number of nitrogens with zero attached hydrogens (tertiary/aromatic N) is 1. The van der Waals surface area contributed by atoms with E-state index in [0.717, 1.165) is 19.3 Å². The molecule has 66 valence electrons. The van der Waals surface area contributed by atoms with Crippen molar-refractivity contribution in [3.63, 3.8) is 0 Å². The number of hydrogen-bond acceptors (Lipinski definition) is 2. The van der Waals surface area contributed by atoms with E-state index in [2.05, 4.69) is 11.7 Å². The van der Waals surface area contributed by atoms with Crippen molar-refractivity contribution in [2.45, 2.75) is 51.7 Å². The van der Waals surface area contributed by atoms with Gasteiger partial charge in [-0.15, -0.1) is 0 Å². The van der Waals surface area contributed by atoms with Crippen LogP contribution in [0.4, 0.5) is 0 Å². The van der Waals surface area contributed by atoms with Crippen LogP contribution < -0.4 is 0 Å². The van der Waals surface area contributed by atoms with Crippen molar-refractivity contribution >= 4 is 6.72 Å². The molecule has 0 aliphatic rings. The van der Waals surface area contributed by atoms with Gasteiger partial charge in [-0.25, -0.2) is 0 Å². The average Bonchev–Trinajstić information content (AvgIpc) is 1.85. The van der Waals surface area contributed by atoms with Crippen LogP contribution in [0.15, 0.2) is 4.99 Å². The maximum Gasteiger partial charge on any atom is 0.0591 e. The first-order valence-electron chi connectivity index (χ1n) is 4.14. The minimum absolute atomic E-state index is 0.331. The maximum absolute atomic E-state index is 9.36. The number of aliphatic hydroxyl groups is 1. The van der Waals surface area contributed by atoms with Crippen LogP contribution in [0.5, 0.6) is 0 Å². The normalized spacial score (nSPS) is 14.5. The van der Waals surface area contributed by atoms with E-state index in [9.17, 15) is 5.11 Å². The van der Waals surface area contributed by atoms with Gasteiger partial charge in [0, 0.05) is 6.04 Å². The van der Waals surface area contributed by atoms with Crippen LogP contribution in [0.1, 0.15) is 40.0 Å². The first-order chi connectivity index (χ1) is 4.95. The summed E-state index contributed by atoms with van der Waals surface area (Å²) in [6, 6.07) is 0.331. The van der Waals surface area contributed by atoms with Gasteiger partial charge < -0.3 is 5.11 Å². The Labute approximate surface area is 69.3 Å². The molecule has 0 aliphatic carbocycles. The lowest BCUT2D eigenvalue weighted by molar-refractivity contribution is 0.0679. The lowest BCUT2D eigenvalue weighted by atomic mass is 10.00. The Morgan fingerprint density at radius 3 is 2.45 bits per heavy atom. The molecular formula is C9H19NO. The van der Waals surface area contributed by atoms with Crippen molar-refractivity contribution in [2.75, 3.05) is 0 Å². The summed E-state index contributed by atoms with van der Waals surface area (Å²) in [5.41, 5.74) is -0.527. The van der Waals surface area contributed by atoms with Crippen molar-refractivity contribution in [3.8, 4) is 0 Å². The molecule has 1 N–H and O–H groups in total. The van der Waals surface area contributed by atoms with Crippen LogP contribution >= 0.6 is 0 Å². The SMILES string of the molecule is C=N[C@H](C)CCCC(C)(C)O. The Morgan fingerprint density at radius 2 is 2.09 bits per heavy atom. The highest BCUT2D eigenvalue weighted by Gasteiger charge is 2.11. The van der Waals surface area contributed by atoms with Crippen LogP contribution in [-0.2, 0) is 0 Å². The fourth-order valence-electron chi connectivity index (χ4n) is 0.921. The lowest BCUT2D eigenvalue weighted by Gasteiger charge is -2.16. The molecule has 0 unspecified atom stereocenters. The number of hydrogen-bond donors (Lipinski definition) is 1. The Balaban J connectivity index is 3.35. The van der Waals surface area contributed by atoms with Crippen molar-refractivity contribution in [2.24, 2.45) is 4.99 Å². The van der Waals surface area contributed by atoms with E-state index in [1.807, 2.05) is 20.8 Å². The van der Waals surface area contributed by atoms with Crippen molar-refractivity contribution in [3.05, 3.63) is 0 Å². The number of aliphatic imine (C=N–C) groups is 1. The summed E-state index contributed by atoms with van der Waals surface area (Å²) in [6.45, 7) is 9.17. The van der Waals surface area contributed by atoms with Gasteiger partial charge in [0.05, 0.1) is 5.60 Å². The second-order valence-electron chi connectivity index (χ2n) is 3.74. The first-order valence-corrected chi connectivity index (χ1v) is 4.14. The predicted octanol–water partition coefficient (Wildman–Crippen LogP) is 2.02. The van der Waals surface area contributed by atoms with Gasteiger partial charge in [-0.05, 0) is 46.8 Å². The van der Waals surface area contributed by atoms with E-state index in [0.29, 0.717) is 6.04 Å². The zero-order valence-electron chi connectivity index (χ0n) is 7.80. The quantitative estimate of drug-likeness (QED) is 0.608. The monoisotopic (exact) mass is 157 g/mol. The van der Waals surface area contributed by atoms with Crippen molar-refractivity contribution in [1.82, 2.24) is 0 Å². The fraction of sp³-hybridized carbons (Fsp3) is 0.889. The van der Waals surface area contributed by atoms with Crippen LogP contribution in [0.2, 0.25) is 0 Å². The molecule has 0 saturated heterocycles. The summed E-state index contributed by atoms with van der Waals surface area (Å²) < 4.78 is 0. The van der Waals surface area contributed by atoms with Gasteiger partial charge in [-0.2, -0.15) is 0 Å². The van der Waals surface area contributed by atoms with E-state index in [1.165, 1.54) is 0 Å².